The first-order valence-corrected chi connectivity index (χ1v) is 9.42. The van der Waals surface area contributed by atoms with E-state index in [1.807, 2.05) is 0 Å². The highest BCUT2D eigenvalue weighted by Gasteiger charge is 2.57. The predicted octanol–water partition coefficient (Wildman–Crippen LogP) is 3.16. The van der Waals surface area contributed by atoms with Crippen molar-refractivity contribution < 1.29 is 29.0 Å². The van der Waals surface area contributed by atoms with Crippen molar-refractivity contribution in [1.29, 1.82) is 0 Å². The van der Waals surface area contributed by atoms with Crippen molar-refractivity contribution in [2.24, 2.45) is 11.8 Å². The second-order valence-electron chi connectivity index (χ2n) is 6.66. The van der Waals surface area contributed by atoms with Crippen LogP contribution in [0.1, 0.15) is 38.7 Å². The maximum atomic E-state index is 12.7. The predicted molar refractivity (Wildman–Crippen MR) is 99.7 cm³/mol. The molecule has 1 fully saturated rings. The van der Waals surface area contributed by atoms with Crippen LogP contribution in [-0.2, 0) is 23.9 Å². The van der Waals surface area contributed by atoms with E-state index in [0.29, 0.717) is 5.56 Å². The molecule has 1 saturated carbocycles. The molecule has 0 spiro atoms. The van der Waals surface area contributed by atoms with Gasteiger partial charge < -0.3 is 14.6 Å². The van der Waals surface area contributed by atoms with Crippen LogP contribution in [0.25, 0.3) is 0 Å². The summed E-state index contributed by atoms with van der Waals surface area (Å²) in [5.74, 6) is -5.34. The van der Waals surface area contributed by atoms with E-state index in [4.69, 9.17) is 32.7 Å². The lowest BCUT2D eigenvalue weighted by molar-refractivity contribution is -0.172. The minimum Gasteiger partial charge on any atom is -0.466 e. The van der Waals surface area contributed by atoms with Crippen molar-refractivity contribution in [3.8, 4) is 0 Å². The number of carbonyl (C=O) groups is 3. The van der Waals surface area contributed by atoms with Gasteiger partial charge in [0.05, 0.1) is 34.8 Å². The van der Waals surface area contributed by atoms with E-state index in [2.05, 4.69) is 0 Å². The summed E-state index contributed by atoms with van der Waals surface area (Å²) >= 11 is 12.1. The topological polar surface area (TPSA) is 89.9 Å². The first-order chi connectivity index (χ1) is 12.6. The molecular formula is C19H22Cl2O6. The standard InChI is InChI=1S/C19H22Cl2O6/c1-4-26-17(23)15-13(22)9-19(3,25)16(18(24)27-5-2)14(15)10-6-7-11(20)12(21)8-10/h6-8,14-16,25H,4-5,9H2,1-3H3/t14-,15+,16+,19-/m0/s1. The lowest BCUT2D eigenvalue weighted by Crippen LogP contribution is -2.55. The smallest absolute Gasteiger partial charge is 0.317 e. The van der Waals surface area contributed by atoms with Crippen molar-refractivity contribution in [1.82, 2.24) is 0 Å². The number of hydrogen-bond donors (Lipinski definition) is 1. The molecule has 0 aromatic heterocycles. The van der Waals surface area contributed by atoms with Gasteiger partial charge in [-0.05, 0) is 38.5 Å². The summed E-state index contributed by atoms with van der Waals surface area (Å²) in [6, 6.07) is 4.57. The number of esters is 2. The molecule has 0 aliphatic heterocycles. The summed E-state index contributed by atoms with van der Waals surface area (Å²) in [6.07, 6.45) is -0.363. The van der Waals surface area contributed by atoms with Crippen LogP contribution in [0.15, 0.2) is 18.2 Å². The molecular weight excluding hydrogens is 395 g/mol. The van der Waals surface area contributed by atoms with Crippen LogP contribution in [0.2, 0.25) is 10.0 Å². The molecule has 8 heteroatoms. The van der Waals surface area contributed by atoms with Crippen LogP contribution in [0.5, 0.6) is 0 Å². The van der Waals surface area contributed by atoms with Gasteiger partial charge in [-0.1, -0.05) is 29.3 Å². The average Bonchev–Trinajstić information content (AvgIpc) is 2.56. The first kappa shape index (κ1) is 21.7. The largest absolute Gasteiger partial charge is 0.466 e. The maximum absolute atomic E-state index is 12.7. The number of ether oxygens (including phenoxy) is 2. The van der Waals surface area contributed by atoms with E-state index in [9.17, 15) is 19.5 Å². The molecule has 0 amide bonds. The summed E-state index contributed by atoms with van der Waals surface area (Å²) in [5.41, 5.74) is -1.27. The van der Waals surface area contributed by atoms with Crippen molar-refractivity contribution in [3.63, 3.8) is 0 Å². The average molecular weight is 417 g/mol. The number of hydrogen-bond acceptors (Lipinski definition) is 6. The fourth-order valence-corrected chi connectivity index (χ4v) is 3.91. The number of rotatable bonds is 5. The second kappa shape index (κ2) is 8.59. The fourth-order valence-electron chi connectivity index (χ4n) is 3.60. The van der Waals surface area contributed by atoms with Gasteiger partial charge in [-0.25, -0.2) is 0 Å². The molecule has 4 atom stereocenters. The fraction of sp³-hybridized carbons (Fsp3) is 0.526. The lowest BCUT2D eigenvalue weighted by Gasteiger charge is -2.43. The quantitative estimate of drug-likeness (QED) is 0.585. The zero-order chi connectivity index (χ0) is 20.4. The Hall–Kier alpha value is -1.63. The Balaban J connectivity index is 2.64. The van der Waals surface area contributed by atoms with Gasteiger partial charge in [0.25, 0.3) is 0 Å². The van der Waals surface area contributed by atoms with E-state index < -0.39 is 41.1 Å². The molecule has 0 bridgehead atoms. The normalized spacial score (nSPS) is 27.9. The molecule has 1 aromatic rings. The van der Waals surface area contributed by atoms with Crippen molar-refractivity contribution in [2.75, 3.05) is 13.2 Å². The van der Waals surface area contributed by atoms with Gasteiger partial charge in [0.2, 0.25) is 0 Å². The molecule has 0 unspecified atom stereocenters. The third kappa shape index (κ3) is 4.45. The zero-order valence-electron chi connectivity index (χ0n) is 15.3. The van der Waals surface area contributed by atoms with Gasteiger partial charge in [-0.2, -0.15) is 0 Å². The molecule has 1 aromatic carbocycles. The van der Waals surface area contributed by atoms with Crippen LogP contribution in [0.4, 0.5) is 0 Å². The Morgan fingerprint density at radius 2 is 1.74 bits per heavy atom. The van der Waals surface area contributed by atoms with E-state index in [1.54, 1.807) is 19.9 Å². The maximum Gasteiger partial charge on any atom is 0.317 e. The first-order valence-electron chi connectivity index (χ1n) is 8.67. The van der Waals surface area contributed by atoms with Crippen LogP contribution >= 0.6 is 23.2 Å². The van der Waals surface area contributed by atoms with Crippen LogP contribution in [0.3, 0.4) is 0 Å². The van der Waals surface area contributed by atoms with Gasteiger partial charge in [0.1, 0.15) is 5.92 Å². The SMILES string of the molecule is CCOC(=O)[C@@H]1C(=O)C[C@](C)(O)[C@@H](C(=O)OCC)[C@H]1c1ccc(Cl)c(Cl)c1. The van der Waals surface area contributed by atoms with E-state index >= 15 is 0 Å². The van der Waals surface area contributed by atoms with Crippen LogP contribution in [-0.4, -0.2) is 41.6 Å². The molecule has 2 rings (SSSR count). The van der Waals surface area contributed by atoms with E-state index in [1.165, 1.54) is 19.1 Å². The molecule has 0 heterocycles. The van der Waals surface area contributed by atoms with Gasteiger partial charge in [-0.15, -0.1) is 0 Å². The summed E-state index contributed by atoms with van der Waals surface area (Å²) < 4.78 is 10.2. The van der Waals surface area contributed by atoms with Crippen molar-refractivity contribution in [2.45, 2.75) is 38.7 Å². The van der Waals surface area contributed by atoms with Crippen molar-refractivity contribution >= 4 is 40.9 Å². The number of ketones is 1. The molecule has 0 radical (unpaired) electrons. The van der Waals surface area contributed by atoms with E-state index in [-0.39, 0.29) is 29.7 Å². The Bertz CT molecular complexity index is 746. The Labute approximate surface area is 167 Å². The Morgan fingerprint density at radius 1 is 1.15 bits per heavy atom. The minimum atomic E-state index is -1.69. The highest BCUT2D eigenvalue weighted by atomic mass is 35.5. The zero-order valence-corrected chi connectivity index (χ0v) is 16.8. The Morgan fingerprint density at radius 3 is 2.30 bits per heavy atom. The molecule has 1 aliphatic carbocycles. The highest BCUT2D eigenvalue weighted by molar-refractivity contribution is 6.42. The van der Waals surface area contributed by atoms with Crippen LogP contribution < -0.4 is 0 Å². The lowest BCUT2D eigenvalue weighted by atomic mass is 9.62. The molecule has 1 N–H and O–H groups in total. The second-order valence-corrected chi connectivity index (χ2v) is 7.47. The summed E-state index contributed by atoms with van der Waals surface area (Å²) in [5, 5.41) is 11.3. The summed E-state index contributed by atoms with van der Waals surface area (Å²) in [6.45, 7) is 4.82. The molecule has 6 nitrogen and oxygen atoms in total. The molecule has 1 aliphatic rings. The summed E-state index contributed by atoms with van der Waals surface area (Å²) in [4.78, 5) is 37.9. The summed E-state index contributed by atoms with van der Waals surface area (Å²) in [7, 11) is 0. The number of carbonyl (C=O) groups excluding carboxylic acids is 3. The number of Topliss-reactive ketones (excluding diaryl/α,β-unsaturated/α-hetero) is 1. The van der Waals surface area contributed by atoms with Crippen LogP contribution in [0, 0.1) is 11.8 Å². The number of aliphatic hydroxyl groups is 1. The van der Waals surface area contributed by atoms with Crippen molar-refractivity contribution in [3.05, 3.63) is 33.8 Å². The number of halogens is 2. The minimum absolute atomic E-state index is 0.0805. The third-order valence-electron chi connectivity index (χ3n) is 4.68. The Kier molecular flexibility index (Phi) is 6.89. The molecule has 0 saturated heterocycles. The third-order valence-corrected chi connectivity index (χ3v) is 5.42. The molecule has 148 valence electrons. The van der Waals surface area contributed by atoms with Gasteiger partial charge in [0.15, 0.2) is 5.78 Å². The van der Waals surface area contributed by atoms with Gasteiger partial charge >= 0.3 is 11.9 Å². The van der Waals surface area contributed by atoms with E-state index in [0.717, 1.165) is 0 Å². The monoisotopic (exact) mass is 416 g/mol. The highest BCUT2D eigenvalue weighted by Crippen LogP contribution is 2.47. The number of benzene rings is 1. The molecule has 27 heavy (non-hydrogen) atoms. The van der Waals surface area contributed by atoms with Gasteiger partial charge in [0, 0.05) is 12.3 Å². The van der Waals surface area contributed by atoms with Gasteiger partial charge in [-0.3, -0.25) is 14.4 Å².